The molecule has 0 unspecified atom stereocenters. The number of nitrogens with zero attached hydrogens (tertiary/aromatic N) is 5. The second-order valence-electron chi connectivity index (χ2n) is 6.67. The van der Waals surface area contributed by atoms with Gasteiger partial charge in [0.2, 0.25) is 0 Å². The molecule has 0 aromatic heterocycles. The van der Waals surface area contributed by atoms with Crippen molar-refractivity contribution in [1.82, 2.24) is 0 Å². The summed E-state index contributed by atoms with van der Waals surface area (Å²) in [5.41, 5.74) is 4.61. The summed E-state index contributed by atoms with van der Waals surface area (Å²) in [7, 11) is 0. The second kappa shape index (κ2) is 10.0. The average Bonchev–Trinajstić information content (AvgIpc) is 2.99. The minimum Gasteiger partial charge on any atom is -0.372 e. The molecule has 0 bridgehead atoms. The van der Waals surface area contributed by atoms with Gasteiger partial charge >= 0.3 is 0 Å². The van der Waals surface area contributed by atoms with E-state index in [1.54, 1.807) is 0 Å². The van der Waals surface area contributed by atoms with E-state index < -0.39 is 0 Å². The molecule has 0 aliphatic carbocycles. The maximum absolute atomic E-state index is 7.40. The maximum Gasteiger partial charge on any atom is 0.293 e. The Morgan fingerprint density at radius 3 is 2.10 bits per heavy atom. The lowest BCUT2D eigenvalue weighted by molar-refractivity contribution is 0.866. The van der Waals surface area contributed by atoms with Crippen LogP contribution < -0.4 is 4.90 Å². The fourth-order valence-electron chi connectivity index (χ4n) is 3.24. The van der Waals surface area contributed by atoms with E-state index in [1.807, 2.05) is 42.5 Å². The lowest BCUT2D eigenvalue weighted by Crippen LogP contribution is -2.21. The van der Waals surface area contributed by atoms with Gasteiger partial charge in [-0.2, -0.15) is 0 Å². The highest BCUT2D eigenvalue weighted by atomic mass is 15.1. The third-order valence-electron chi connectivity index (χ3n) is 4.85. The molecule has 5 nitrogen and oxygen atoms in total. The van der Waals surface area contributed by atoms with Crippen LogP contribution >= 0.6 is 0 Å². The van der Waals surface area contributed by atoms with Gasteiger partial charge in [0.25, 0.3) is 11.6 Å². The molecule has 2 aromatic rings. The van der Waals surface area contributed by atoms with Gasteiger partial charge in [-0.05, 0) is 37.6 Å². The molecule has 0 saturated carbocycles. The van der Waals surface area contributed by atoms with E-state index in [9.17, 15) is 0 Å². The number of anilines is 1. The van der Waals surface area contributed by atoms with Crippen LogP contribution in [-0.4, -0.2) is 24.5 Å². The minimum absolute atomic E-state index is 0.0347. The van der Waals surface area contributed by atoms with Crippen molar-refractivity contribution in [1.29, 1.82) is 0 Å². The molecule has 0 amide bonds. The number of aliphatic imine (C=N–C) groups is 2. The summed E-state index contributed by atoms with van der Waals surface area (Å²) in [5, 5.41) is 0. The lowest BCUT2D eigenvalue weighted by Gasteiger charge is -2.20. The van der Waals surface area contributed by atoms with Gasteiger partial charge in [0.1, 0.15) is 11.4 Å². The molecule has 5 heteroatoms. The molecule has 30 heavy (non-hydrogen) atoms. The normalized spacial score (nSPS) is 13.9. The van der Waals surface area contributed by atoms with Crippen molar-refractivity contribution in [3.63, 3.8) is 0 Å². The summed E-state index contributed by atoms with van der Waals surface area (Å²) in [5.74, 6) is 0.0725. The fraction of sp³-hybridized carbons (Fsp3) is 0.200. The molecule has 1 heterocycles. The zero-order valence-electron chi connectivity index (χ0n) is 17.2. The van der Waals surface area contributed by atoms with Crippen LogP contribution in [0.15, 0.2) is 82.3 Å². The van der Waals surface area contributed by atoms with Crippen molar-refractivity contribution in [2.45, 2.75) is 20.3 Å². The standard InChI is InChI=1S/C25H23N5/c1-5-30(6-2)22-16-13-19(14-17-22)12-15-21-18-23(20-10-8-7-9-11-20)29-25(27-4)24(26-3)28-21/h7-17H,5-6,18H2,1-2H3. The van der Waals surface area contributed by atoms with Gasteiger partial charge in [-0.3, -0.25) is 0 Å². The highest BCUT2D eigenvalue weighted by molar-refractivity contribution is 6.17. The second-order valence-corrected chi connectivity index (χ2v) is 6.67. The van der Waals surface area contributed by atoms with Gasteiger partial charge in [-0.15, -0.1) is 9.98 Å². The van der Waals surface area contributed by atoms with Crippen molar-refractivity contribution in [2.75, 3.05) is 18.0 Å². The molecule has 3 rings (SSSR count). The molecule has 1 aliphatic heterocycles. The number of hydrogen-bond donors (Lipinski definition) is 0. The van der Waals surface area contributed by atoms with Crippen LogP contribution in [0.1, 0.15) is 31.4 Å². The van der Waals surface area contributed by atoms with Crippen molar-refractivity contribution in [3.8, 4) is 0 Å². The first kappa shape index (κ1) is 20.8. The first-order valence-corrected chi connectivity index (χ1v) is 9.91. The molecule has 0 fully saturated rings. The molecule has 0 radical (unpaired) electrons. The van der Waals surface area contributed by atoms with Crippen LogP contribution in [0.2, 0.25) is 0 Å². The fourth-order valence-corrected chi connectivity index (χ4v) is 3.24. The molecular weight excluding hydrogens is 370 g/mol. The topological polar surface area (TPSA) is 36.7 Å². The smallest absolute Gasteiger partial charge is 0.293 e. The number of rotatable bonds is 6. The molecule has 0 atom stereocenters. The molecule has 0 N–H and O–H groups in total. The Balaban J connectivity index is 1.90. The van der Waals surface area contributed by atoms with Crippen molar-refractivity contribution in [3.05, 3.63) is 106 Å². The van der Waals surface area contributed by atoms with Gasteiger partial charge < -0.3 is 14.6 Å². The molecular formula is C25H23N5. The van der Waals surface area contributed by atoms with Crippen LogP contribution in [-0.2, 0) is 0 Å². The zero-order valence-corrected chi connectivity index (χ0v) is 17.2. The summed E-state index contributed by atoms with van der Waals surface area (Å²) in [6.07, 6.45) is 4.34. The molecule has 0 saturated heterocycles. The van der Waals surface area contributed by atoms with Gasteiger partial charge in [0.15, 0.2) is 0 Å². The highest BCUT2D eigenvalue weighted by Crippen LogP contribution is 2.21. The Bertz CT molecular complexity index is 1090. The molecule has 0 spiro atoms. The van der Waals surface area contributed by atoms with Crippen molar-refractivity contribution >= 4 is 23.2 Å². The predicted molar refractivity (Wildman–Crippen MR) is 124 cm³/mol. The van der Waals surface area contributed by atoms with Crippen molar-refractivity contribution < 1.29 is 0 Å². The van der Waals surface area contributed by atoms with Gasteiger partial charge in [-0.1, -0.05) is 61.7 Å². The summed E-state index contributed by atoms with van der Waals surface area (Å²) in [6.45, 7) is 21.0. The van der Waals surface area contributed by atoms with Crippen molar-refractivity contribution in [2.24, 2.45) is 9.98 Å². The van der Waals surface area contributed by atoms with E-state index in [0.717, 1.165) is 29.9 Å². The monoisotopic (exact) mass is 393 g/mol. The van der Waals surface area contributed by atoms with Gasteiger partial charge in [0, 0.05) is 24.3 Å². The van der Waals surface area contributed by atoms with E-state index in [-0.39, 0.29) is 11.6 Å². The van der Waals surface area contributed by atoms with Crippen LogP contribution in [0.25, 0.3) is 15.8 Å². The highest BCUT2D eigenvalue weighted by Gasteiger charge is 2.20. The van der Waals surface area contributed by atoms with Crippen LogP contribution in [0.3, 0.4) is 0 Å². The van der Waals surface area contributed by atoms with E-state index in [4.69, 9.17) is 13.1 Å². The molecule has 1 aliphatic rings. The Kier molecular flexibility index (Phi) is 6.92. The first-order valence-electron chi connectivity index (χ1n) is 9.91. The summed E-state index contributed by atoms with van der Waals surface area (Å²) < 4.78 is 0. The number of hydrogen-bond acceptors (Lipinski definition) is 3. The van der Waals surface area contributed by atoms with E-state index in [1.165, 1.54) is 5.69 Å². The summed E-state index contributed by atoms with van der Waals surface area (Å²) >= 11 is 0. The number of benzene rings is 2. The SMILES string of the molecule is [C-]#[N+]C1=C([N+]#[C-])N=C(c2ccccc2)CC(C=Cc2ccc(N(CC)CC)cc2)=N1. The minimum atomic E-state index is 0.0347. The van der Waals surface area contributed by atoms with E-state index in [2.05, 4.69) is 62.7 Å². The summed E-state index contributed by atoms with van der Waals surface area (Å²) in [6, 6.07) is 18.1. The Hall–Kier alpha value is -3.96. The molecule has 148 valence electrons. The predicted octanol–water partition coefficient (Wildman–Crippen LogP) is 5.85. The first-order chi connectivity index (χ1) is 14.7. The third-order valence-corrected chi connectivity index (χ3v) is 4.85. The maximum atomic E-state index is 7.40. The zero-order chi connectivity index (χ0) is 21.3. The largest absolute Gasteiger partial charge is 0.372 e. The molecule has 2 aromatic carbocycles. The number of allylic oxidation sites excluding steroid dienone is 1. The van der Waals surface area contributed by atoms with Crippen LogP contribution in [0.5, 0.6) is 0 Å². The summed E-state index contributed by atoms with van der Waals surface area (Å²) in [4.78, 5) is 18.0. The van der Waals surface area contributed by atoms with E-state index in [0.29, 0.717) is 12.1 Å². The lowest BCUT2D eigenvalue weighted by atomic mass is 10.0. The van der Waals surface area contributed by atoms with E-state index >= 15 is 0 Å². The van der Waals surface area contributed by atoms with Gasteiger partial charge in [0.05, 0.1) is 6.42 Å². The van der Waals surface area contributed by atoms with Crippen LogP contribution in [0, 0.1) is 13.1 Å². The third kappa shape index (κ3) is 4.90. The Morgan fingerprint density at radius 1 is 0.867 bits per heavy atom. The average molecular weight is 393 g/mol. The van der Waals surface area contributed by atoms with Crippen LogP contribution in [0.4, 0.5) is 5.69 Å². The Labute approximate surface area is 178 Å². The Morgan fingerprint density at radius 2 is 1.50 bits per heavy atom. The van der Waals surface area contributed by atoms with Gasteiger partial charge in [-0.25, -0.2) is 0 Å². The quantitative estimate of drug-likeness (QED) is 0.568.